The molecule has 1 atom stereocenters. The summed E-state index contributed by atoms with van der Waals surface area (Å²) in [5.74, 6) is 0.357. The Morgan fingerprint density at radius 2 is 0.904 bits per heavy atom. The van der Waals surface area contributed by atoms with E-state index >= 15 is 0 Å². The van der Waals surface area contributed by atoms with Crippen LogP contribution in [0.2, 0.25) is 0 Å². The zero-order valence-electron chi connectivity index (χ0n) is 28.7. The zero-order chi connectivity index (χ0) is 34.6. The lowest BCUT2D eigenvalue weighted by Gasteiger charge is -2.18. The van der Waals surface area contributed by atoms with E-state index < -0.39 is 0 Å². The maximum atomic E-state index is 5.18. The Morgan fingerprint density at radius 1 is 0.365 bits per heavy atom. The summed E-state index contributed by atoms with van der Waals surface area (Å²) in [7, 11) is 0. The van der Waals surface area contributed by atoms with E-state index in [1.165, 1.54) is 54.9 Å². The average Bonchev–Trinajstić information content (AvgIpc) is 3.51. The molecule has 52 heavy (non-hydrogen) atoms. The highest BCUT2D eigenvalue weighted by Gasteiger charge is 2.26. The van der Waals surface area contributed by atoms with Crippen molar-refractivity contribution in [3.05, 3.63) is 187 Å². The first-order valence-corrected chi connectivity index (χ1v) is 17.8. The molecule has 0 radical (unpaired) electrons. The molecule has 0 N–H and O–H groups in total. The van der Waals surface area contributed by atoms with Crippen LogP contribution in [-0.2, 0) is 0 Å². The maximum Gasteiger partial charge on any atom is 0.0714 e. The van der Waals surface area contributed by atoms with Crippen molar-refractivity contribution < 1.29 is 0 Å². The van der Waals surface area contributed by atoms with E-state index in [0.29, 0.717) is 5.92 Å². The normalized spacial score (nSPS) is 13.3. The second-order valence-electron chi connectivity index (χ2n) is 13.6. The highest BCUT2D eigenvalue weighted by Crippen LogP contribution is 2.48. The van der Waals surface area contributed by atoms with Gasteiger partial charge >= 0.3 is 0 Å². The van der Waals surface area contributed by atoms with E-state index in [4.69, 9.17) is 4.98 Å². The molecular weight excluding hydrogens is 631 g/mol. The van der Waals surface area contributed by atoms with E-state index in [1.807, 2.05) is 55.0 Å². The van der Waals surface area contributed by atoms with Crippen LogP contribution in [-0.4, -0.2) is 15.0 Å². The van der Waals surface area contributed by atoms with Gasteiger partial charge in [-0.15, -0.1) is 0 Å². The Hall–Kier alpha value is -6.71. The summed E-state index contributed by atoms with van der Waals surface area (Å²) in [6, 6.07) is 56.5. The monoisotopic (exact) mass is 663 g/mol. The van der Waals surface area contributed by atoms with Gasteiger partial charge in [0.05, 0.1) is 17.1 Å². The molecule has 0 amide bonds. The average molecular weight is 664 g/mol. The molecule has 0 fully saturated rings. The predicted molar refractivity (Wildman–Crippen MR) is 215 cm³/mol. The van der Waals surface area contributed by atoms with Crippen LogP contribution in [0.15, 0.2) is 176 Å². The number of rotatable bonds is 5. The predicted octanol–water partition coefficient (Wildman–Crippen LogP) is 12.6. The third-order valence-electron chi connectivity index (χ3n) is 10.7. The molecule has 3 heteroatoms. The number of fused-ring (bicyclic) bond motifs is 5. The van der Waals surface area contributed by atoms with E-state index in [2.05, 4.69) is 138 Å². The summed E-state index contributed by atoms with van der Waals surface area (Å²) in [5, 5.41) is 4.85. The fourth-order valence-electron chi connectivity index (χ4n) is 8.19. The molecule has 0 saturated carbocycles. The van der Waals surface area contributed by atoms with Gasteiger partial charge in [0.25, 0.3) is 0 Å². The highest BCUT2D eigenvalue weighted by molar-refractivity contribution is 6.21. The van der Waals surface area contributed by atoms with Crippen LogP contribution in [0.25, 0.3) is 88.7 Å². The van der Waals surface area contributed by atoms with Crippen molar-refractivity contribution in [1.82, 2.24) is 15.0 Å². The lowest BCUT2D eigenvalue weighted by molar-refractivity contribution is 0.957. The van der Waals surface area contributed by atoms with Gasteiger partial charge in [0.15, 0.2) is 0 Å². The summed E-state index contributed by atoms with van der Waals surface area (Å²) < 4.78 is 0. The minimum Gasteiger partial charge on any atom is -0.256 e. The Kier molecular flexibility index (Phi) is 7.10. The molecule has 3 nitrogen and oxygen atoms in total. The SMILES string of the molecule is CC1c2ccccc2-c2ccc(-c3c4ccccc4c(-c4ccc(-c5cc(-c6ccccn6)cc(-c6ccccn6)c5)cn4)c4ccccc34)cc21. The van der Waals surface area contributed by atoms with Gasteiger partial charge < -0.3 is 0 Å². The summed E-state index contributed by atoms with van der Waals surface area (Å²) in [5.41, 5.74) is 16.2. The second kappa shape index (κ2) is 12.3. The first kappa shape index (κ1) is 30.1. The Balaban J connectivity index is 1.12. The summed E-state index contributed by atoms with van der Waals surface area (Å²) in [6.45, 7) is 2.33. The van der Waals surface area contributed by atoms with Crippen molar-refractivity contribution in [1.29, 1.82) is 0 Å². The lowest BCUT2D eigenvalue weighted by atomic mass is 9.86. The van der Waals surface area contributed by atoms with Crippen LogP contribution < -0.4 is 0 Å². The molecule has 9 aromatic rings. The molecule has 0 spiro atoms. The fourth-order valence-corrected chi connectivity index (χ4v) is 8.19. The van der Waals surface area contributed by atoms with Crippen LogP contribution >= 0.6 is 0 Å². The Morgan fingerprint density at radius 3 is 1.50 bits per heavy atom. The lowest BCUT2D eigenvalue weighted by Crippen LogP contribution is -1.94. The molecule has 3 aromatic heterocycles. The Labute approximate surface area is 303 Å². The van der Waals surface area contributed by atoms with Crippen LogP contribution in [0.1, 0.15) is 24.0 Å². The zero-order valence-corrected chi connectivity index (χ0v) is 28.7. The van der Waals surface area contributed by atoms with Gasteiger partial charge in [-0.2, -0.15) is 0 Å². The first-order valence-electron chi connectivity index (χ1n) is 17.8. The van der Waals surface area contributed by atoms with E-state index in [0.717, 1.165) is 44.9 Å². The number of hydrogen-bond acceptors (Lipinski definition) is 3. The van der Waals surface area contributed by atoms with Crippen molar-refractivity contribution in [2.45, 2.75) is 12.8 Å². The van der Waals surface area contributed by atoms with Gasteiger partial charge in [0.1, 0.15) is 0 Å². The van der Waals surface area contributed by atoms with Crippen molar-refractivity contribution in [2.24, 2.45) is 0 Å². The minimum atomic E-state index is 0.357. The Bertz CT molecular complexity index is 2670. The topological polar surface area (TPSA) is 38.7 Å². The van der Waals surface area contributed by atoms with Crippen LogP contribution in [0, 0.1) is 0 Å². The third kappa shape index (κ3) is 4.93. The van der Waals surface area contributed by atoms with Crippen molar-refractivity contribution in [2.75, 3.05) is 0 Å². The van der Waals surface area contributed by atoms with Crippen LogP contribution in [0.5, 0.6) is 0 Å². The van der Waals surface area contributed by atoms with Gasteiger partial charge in [-0.1, -0.05) is 110 Å². The molecular formula is C49H33N3. The second-order valence-corrected chi connectivity index (χ2v) is 13.6. The number of aromatic nitrogens is 3. The van der Waals surface area contributed by atoms with E-state index in [1.54, 1.807) is 0 Å². The summed E-state index contributed by atoms with van der Waals surface area (Å²) in [6.07, 6.45) is 5.68. The fraction of sp³-hybridized carbons (Fsp3) is 0.0408. The molecule has 0 bridgehead atoms. The van der Waals surface area contributed by atoms with Gasteiger partial charge in [-0.3, -0.25) is 15.0 Å². The van der Waals surface area contributed by atoms with Gasteiger partial charge in [-0.25, -0.2) is 0 Å². The third-order valence-corrected chi connectivity index (χ3v) is 10.7. The van der Waals surface area contributed by atoms with Crippen LogP contribution in [0.3, 0.4) is 0 Å². The van der Waals surface area contributed by atoms with Crippen molar-refractivity contribution >= 4 is 21.5 Å². The van der Waals surface area contributed by atoms with Gasteiger partial charge in [0.2, 0.25) is 0 Å². The molecule has 1 aliphatic rings. The molecule has 0 saturated heterocycles. The molecule has 1 aliphatic carbocycles. The van der Waals surface area contributed by atoms with Crippen LogP contribution in [0.4, 0.5) is 0 Å². The standard InChI is InChI=1S/C49H33N3/c1-31-37-12-2-3-13-38(37)39-22-20-32(29-44(31)39)48-40-14-4-6-16-42(40)49(43-17-7-5-15-41(43)48)47-23-21-33(30-52-47)34-26-35(45-18-8-10-24-50-45)28-36(27-34)46-19-9-11-25-51-46/h2-31H,1H3. The molecule has 244 valence electrons. The number of nitrogens with zero attached hydrogens (tertiary/aromatic N) is 3. The largest absolute Gasteiger partial charge is 0.256 e. The first-order chi connectivity index (χ1) is 25.7. The summed E-state index contributed by atoms with van der Waals surface area (Å²) in [4.78, 5) is 14.5. The number of benzene rings is 6. The van der Waals surface area contributed by atoms with Crippen molar-refractivity contribution in [3.8, 4) is 67.2 Å². The maximum absolute atomic E-state index is 5.18. The quantitative estimate of drug-likeness (QED) is 0.172. The number of hydrogen-bond donors (Lipinski definition) is 0. The number of pyridine rings is 3. The van der Waals surface area contributed by atoms with E-state index in [9.17, 15) is 0 Å². The molecule has 0 aliphatic heterocycles. The van der Waals surface area contributed by atoms with E-state index in [-0.39, 0.29) is 0 Å². The van der Waals surface area contributed by atoms with Gasteiger partial charge in [0, 0.05) is 46.8 Å². The highest BCUT2D eigenvalue weighted by atomic mass is 14.7. The molecule has 1 unspecified atom stereocenters. The molecule has 3 heterocycles. The summed E-state index contributed by atoms with van der Waals surface area (Å²) >= 11 is 0. The molecule has 10 rings (SSSR count). The van der Waals surface area contributed by atoms with Gasteiger partial charge in [-0.05, 0) is 115 Å². The smallest absolute Gasteiger partial charge is 0.0714 e. The van der Waals surface area contributed by atoms with Crippen molar-refractivity contribution in [3.63, 3.8) is 0 Å². The minimum absolute atomic E-state index is 0.357. The molecule has 6 aromatic carbocycles.